The van der Waals surface area contributed by atoms with E-state index in [1.165, 1.54) is 0 Å². The molecule has 64 valence electrons. The van der Waals surface area contributed by atoms with Crippen molar-refractivity contribution in [1.29, 1.82) is 0 Å². The van der Waals surface area contributed by atoms with E-state index < -0.39 is 49.1 Å². The maximum atomic E-state index is 11.8. The summed E-state index contributed by atoms with van der Waals surface area (Å²) in [5.41, 5.74) is -1.58. The van der Waals surface area contributed by atoms with E-state index in [-0.39, 0.29) is 4.47 Å². The Hall–Kier alpha value is -0.830. The summed E-state index contributed by atoms with van der Waals surface area (Å²) in [7, 11) is -3.10. The molecule has 0 atom stereocenters. The van der Waals surface area contributed by atoms with Crippen LogP contribution >= 0.6 is 15.9 Å². The highest BCUT2D eigenvalue weighted by Gasteiger charge is 2.05. The first-order valence-electron chi connectivity index (χ1n) is 7.30. The molecule has 12 heavy (non-hydrogen) atoms. The number of hydrogen-bond donors (Lipinski definition) is 0. The number of hydrogen-bond acceptors (Lipinski definition) is 2. The first-order chi connectivity index (χ1) is 9.27. The van der Waals surface area contributed by atoms with Gasteiger partial charge in [0.1, 0.15) is 0 Å². The number of esters is 1. The molecule has 1 aromatic rings. The number of carbonyl (C=O) groups excluding carboxylic acids is 1. The summed E-state index contributed by atoms with van der Waals surface area (Å²) in [5, 5.41) is 0. The monoisotopic (exact) mass is 237 g/mol. The average Bonchev–Trinajstić information content (AvgIpc) is 2.21. The molecule has 0 N–H and O–H groups in total. The molecule has 0 aliphatic rings. The van der Waals surface area contributed by atoms with E-state index in [0.29, 0.717) is 0 Å². The van der Waals surface area contributed by atoms with Gasteiger partial charge >= 0.3 is 5.97 Å². The molecule has 0 saturated carbocycles. The van der Waals surface area contributed by atoms with E-state index in [9.17, 15) is 4.79 Å². The molecule has 0 radical (unpaired) electrons. The molecule has 2 nitrogen and oxygen atoms in total. The Labute approximate surface area is 92.3 Å². The average molecular weight is 238 g/mol. The summed E-state index contributed by atoms with van der Waals surface area (Å²) in [5.74, 6) is -1.52. The third-order valence-electron chi connectivity index (χ3n) is 1.02. The van der Waals surface area contributed by atoms with Crippen molar-refractivity contribution in [3.8, 4) is 0 Å². The minimum atomic E-state index is -3.10. The molecular formula is C9H9BrO2. The second-order valence-corrected chi connectivity index (χ2v) is 2.62. The van der Waals surface area contributed by atoms with Crippen molar-refractivity contribution in [3.63, 3.8) is 0 Å². The maximum absolute atomic E-state index is 11.8. The van der Waals surface area contributed by atoms with Crippen molar-refractivity contribution in [2.45, 2.75) is 6.85 Å². The molecule has 0 aliphatic carbocycles. The molecule has 0 aromatic heterocycles. The molecule has 3 heteroatoms. The lowest BCUT2D eigenvalue weighted by Crippen LogP contribution is -2.01. The van der Waals surface area contributed by atoms with Crippen molar-refractivity contribution >= 4 is 21.9 Å². The molecule has 0 aliphatic heterocycles. The zero-order valence-corrected chi connectivity index (χ0v) is 7.28. The van der Waals surface area contributed by atoms with Crippen molar-refractivity contribution in [2.24, 2.45) is 0 Å². The van der Waals surface area contributed by atoms with E-state index in [0.717, 1.165) is 0 Å². The smallest absolute Gasteiger partial charge is 0.337 e. The quantitative estimate of drug-likeness (QED) is 0.703. The number of carbonyl (C=O) groups is 1. The Bertz CT molecular complexity index is 591. The lowest BCUT2D eigenvalue weighted by atomic mass is 10.1. The van der Waals surface area contributed by atoms with Gasteiger partial charge in [0, 0.05) is 8.58 Å². The highest BCUT2D eigenvalue weighted by Crippen LogP contribution is 2.15. The van der Waals surface area contributed by atoms with Gasteiger partial charge < -0.3 is 4.74 Å². The minimum Gasteiger partial charge on any atom is -0.465 e. The predicted molar refractivity (Wildman–Crippen MR) is 50.2 cm³/mol. The number of benzene rings is 1. The number of rotatable bonds is 1. The Morgan fingerprint density at radius 1 is 1.67 bits per heavy atom. The molecule has 1 rings (SSSR count). The number of methoxy groups -OCH3 is 1. The Morgan fingerprint density at radius 3 is 3.17 bits per heavy atom. The Balaban J connectivity index is 3.61. The van der Waals surface area contributed by atoms with Gasteiger partial charge in [-0.05, 0) is 30.5 Å². The minimum absolute atomic E-state index is 0.331. The van der Waals surface area contributed by atoms with Crippen LogP contribution in [0, 0.1) is 6.85 Å². The molecule has 0 saturated heterocycles. The highest BCUT2D eigenvalue weighted by molar-refractivity contribution is 9.10. The van der Waals surface area contributed by atoms with Crippen LogP contribution in [0.2, 0.25) is 0 Å². The molecule has 0 amide bonds. The lowest BCUT2D eigenvalue weighted by molar-refractivity contribution is 0.0600. The summed E-state index contributed by atoms with van der Waals surface area (Å²) >= 11 is 2.80. The van der Waals surface area contributed by atoms with Gasteiger partial charge in [-0.2, -0.15) is 0 Å². The fourth-order valence-corrected chi connectivity index (χ4v) is 0.988. The zero-order chi connectivity index (χ0) is 16.7. The standard InChI is InChI=1S/C9H9BrO2/c1-6-3-7(9(11)12-2)5-8(10)4-6/h3-5H,1-2H3/i1D3,2D3,3D,4D,5D. The van der Waals surface area contributed by atoms with Crippen molar-refractivity contribution in [3.05, 3.63) is 33.7 Å². The Morgan fingerprint density at radius 2 is 2.50 bits per heavy atom. The van der Waals surface area contributed by atoms with E-state index in [1.54, 1.807) is 0 Å². The lowest BCUT2D eigenvalue weighted by Gasteiger charge is -2.01. The molecular weight excluding hydrogens is 220 g/mol. The SMILES string of the molecule is [2H]c1c(Br)c([2H])c(C([2H])([2H])[2H])c([2H])c1C(=O)OC([2H])([2H])[2H]. The molecule has 0 spiro atoms. The summed E-state index contributed by atoms with van der Waals surface area (Å²) in [6.07, 6.45) is 0. The van der Waals surface area contributed by atoms with Gasteiger partial charge in [-0.15, -0.1) is 0 Å². The van der Waals surface area contributed by atoms with Crippen LogP contribution in [0.5, 0.6) is 0 Å². The number of halogens is 1. The molecule has 0 fully saturated rings. The van der Waals surface area contributed by atoms with Crippen molar-refractivity contribution in [2.75, 3.05) is 7.04 Å². The van der Waals surface area contributed by atoms with Gasteiger partial charge in [0.25, 0.3) is 0 Å². The van der Waals surface area contributed by atoms with Crippen LogP contribution in [-0.4, -0.2) is 13.0 Å². The van der Waals surface area contributed by atoms with Gasteiger partial charge in [-0.1, -0.05) is 15.9 Å². The van der Waals surface area contributed by atoms with Crippen molar-refractivity contribution < 1.29 is 21.9 Å². The first-order valence-corrected chi connectivity index (χ1v) is 3.59. The zero-order valence-electron chi connectivity index (χ0n) is 14.7. The summed E-state index contributed by atoms with van der Waals surface area (Å²) in [4.78, 5) is 11.8. The molecule has 1 aromatic carbocycles. The molecule has 0 bridgehead atoms. The molecule has 0 heterocycles. The summed E-state index contributed by atoms with van der Waals surface area (Å²) < 4.78 is 69.1. The van der Waals surface area contributed by atoms with Gasteiger partial charge in [0.15, 0.2) is 0 Å². The van der Waals surface area contributed by atoms with Crippen LogP contribution in [0.4, 0.5) is 0 Å². The Kier molecular flexibility index (Phi) is 0.879. The van der Waals surface area contributed by atoms with Crippen LogP contribution in [0.15, 0.2) is 22.6 Å². The first kappa shape index (κ1) is 2.84. The van der Waals surface area contributed by atoms with Crippen LogP contribution in [0.25, 0.3) is 0 Å². The van der Waals surface area contributed by atoms with Gasteiger partial charge in [-0.25, -0.2) is 4.79 Å². The van der Waals surface area contributed by atoms with E-state index in [1.807, 2.05) is 0 Å². The van der Waals surface area contributed by atoms with Crippen LogP contribution in [0.3, 0.4) is 0 Å². The van der Waals surface area contributed by atoms with Gasteiger partial charge in [0.2, 0.25) is 0 Å². The second kappa shape index (κ2) is 3.72. The van der Waals surface area contributed by atoms with Gasteiger partial charge in [0.05, 0.1) is 20.8 Å². The van der Waals surface area contributed by atoms with Crippen LogP contribution in [0.1, 0.15) is 28.3 Å². The summed E-state index contributed by atoms with van der Waals surface area (Å²) in [6, 6.07) is -2.22. The van der Waals surface area contributed by atoms with Crippen LogP contribution < -0.4 is 0 Å². The topological polar surface area (TPSA) is 26.3 Å². The normalized spacial score (nSPS) is 22.6. The fourth-order valence-electron chi connectivity index (χ4n) is 0.591. The van der Waals surface area contributed by atoms with Gasteiger partial charge in [-0.3, -0.25) is 0 Å². The van der Waals surface area contributed by atoms with E-state index in [2.05, 4.69) is 20.7 Å². The van der Waals surface area contributed by atoms with Crippen LogP contribution in [-0.2, 0) is 4.74 Å². The maximum Gasteiger partial charge on any atom is 0.337 e. The highest BCUT2D eigenvalue weighted by atomic mass is 79.9. The fraction of sp³-hybridized carbons (Fsp3) is 0.222. The largest absolute Gasteiger partial charge is 0.465 e. The van der Waals surface area contributed by atoms with Crippen molar-refractivity contribution in [1.82, 2.24) is 0 Å². The third-order valence-corrected chi connectivity index (χ3v) is 1.41. The molecule has 0 unspecified atom stereocenters. The van der Waals surface area contributed by atoms with E-state index in [4.69, 9.17) is 12.3 Å². The summed E-state index contributed by atoms with van der Waals surface area (Å²) in [6.45, 7) is -2.88. The number of ether oxygens (including phenoxy) is 1. The second-order valence-electron chi connectivity index (χ2n) is 1.83. The van der Waals surface area contributed by atoms with E-state index >= 15 is 0 Å². The predicted octanol–water partition coefficient (Wildman–Crippen LogP) is 2.54. The third kappa shape index (κ3) is 2.08.